The lowest BCUT2D eigenvalue weighted by atomic mass is 10.1. The molecule has 1 aromatic carbocycles. The Balaban J connectivity index is 0.00000342. The third-order valence-electron chi connectivity index (χ3n) is 6.53. The lowest BCUT2D eigenvalue weighted by Gasteiger charge is -2.28. The van der Waals surface area contributed by atoms with Crippen molar-refractivity contribution in [3.8, 4) is 11.5 Å². The molecule has 1 aliphatic heterocycles. The Morgan fingerprint density at radius 1 is 1.06 bits per heavy atom. The Kier molecular flexibility index (Phi) is 8.47. The minimum Gasteiger partial charge on any atom is -1.00 e. The smallest absolute Gasteiger partial charge is 0.332 e. The van der Waals surface area contributed by atoms with E-state index in [1.165, 1.54) is 30.2 Å². The number of imidazole rings is 1. The number of aromatic nitrogens is 4. The van der Waals surface area contributed by atoms with Crippen LogP contribution < -0.4 is 33.9 Å². The number of aliphatic hydroxyl groups is 1. The number of quaternary nitrogens is 1. The molecule has 0 spiro atoms. The van der Waals surface area contributed by atoms with Gasteiger partial charge >= 0.3 is 5.69 Å². The molecule has 0 radical (unpaired) electrons. The van der Waals surface area contributed by atoms with Gasteiger partial charge in [0.25, 0.3) is 5.56 Å². The van der Waals surface area contributed by atoms with Crippen molar-refractivity contribution in [2.45, 2.75) is 38.3 Å². The largest absolute Gasteiger partial charge is 1.00 e. The fourth-order valence-electron chi connectivity index (χ4n) is 4.54. The molecule has 1 fully saturated rings. The number of piperidine rings is 1. The summed E-state index contributed by atoms with van der Waals surface area (Å²) < 4.78 is 4.48. The van der Waals surface area contributed by atoms with E-state index in [-0.39, 0.29) is 29.5 Å². The van der Waals surface area contributed by atoms with Gasteiger partial charge in [-0.2, -0.15) is 4.98 Å². The molecule has 0 bridgehead atoms. The first-order valence-electron chi connectivity index (χ1n) is 11.7. The number of hydrogen-bond donors (Lipinski definition) is 4. The molecule has 1 saturated heterocycles. The summed E-state index contributed by atoms with van der Waals surface area (Å²) in [6.45, 7) is 3.39. The highest BCUT2D eigenvalue weighted by atomic mass is 35.5. The summed E-state index contributed by atoms with van der Waals surface area (Å²) in [5.74, 6) is 0.248. The topological polar surface area (TPSA) is 142 Å². The standard InChI is InChI=1S/C23H32N6O5.ClH/c1-26-20-19(21(33)27(2)23(26)34)29(22(25-20)28-10-4-3-5-11-28)12-6-9-24-14-18(32)15-7-8-16(30)17(31)13-15;/h7-8,13,18,24,30-32H,3-6,9-12,14H2,1-2H3;1H. The lowest BCUT2D eigenvalue weighted by Crippen LogP contribution is -3.00. The van der Waals surface area contributed by atoms with Crippen molar-refractivity contribution in [2.24, 2.45) is 14.1 Å². The zero-order valence-corrected chi connectivity index (χ0v) is 20.8. The van der Waals surface area contributed by atoms with Gasteiger partial charge in [-0.05, 0) is 37.0 Å². The Hall–Kier alpha value is -3.02. The second-order valence-electron chi connectivity index (χ2n) is 8.92. The summed E-state index contributed by atoms with van der Waals surface area (Å²) in [6.07, 6.45) is 3.25. The maximum atomic E-state index is 13.0. The monoisotopic (exact) mass is 508 g/mol. The van der Waals surface area contributed by atoms with Crippen LogP contribution in [0.25, 0.3) is 11.2 Å². The molecule has 11 nitrogen and oxygen atoms in total. The Bertz CT molecular complexity index is 1290. The zero-order chi connectivity index (χ0) is 24.4. The van der Waals surface area contributed by atoms with E-state index in [4.69, 9.17) is 4.98 Å². The van der Waals surface area contributed by atoms with Gasteiger partial charge in [-0.15, -0.1) is 0 Å². The van der Waals surface area contributed by atoms with Crippen LogP contribution in [0.4, 0.5) is 5.95 Å². The van der Waals surface area contributed by atoms with E-state index in [1.807, 2.05) is 9.88 Å². The van der Waals surface area contributed by atoms with Gasteiger partial charge in [-0.1, -0.05) is 6.07 Å². The first-order valence-corrected chi connectivity index (χ1v) is 11.7. The molecule has 0 aliphatic carbocycles. The number of rotatable bonds is 8. The van der Waals surface area contributed by atoms with Crippen molar-refractivity contribution in [3.05, 3.63) is 44.6 Å². The lowest BCUT2D eigenvalue weighted by molar-refractivity contribution is -0.662. The number of aromatic hydroxyl groups is 2. The highest BCUT2D eigenvalue weighted by Gasteiger charge is 2.23. The number of benzene rings is 1. The van der Waals surface area contributed by atoms with E-state index in [0.29, 0.717) is 36.4 Å². The average Bonchev–Trinajstić information content (AvgIpc) is 3.23. The average molecular weight is 509 g/mol. The van der Waals surface area contributed by atoms with Gasteiger partial charge in [-0.3, -0.25) is 13.9 Å². The van der Waals surface area contributed by atoms with Crippen LogP contribution in [0.15, 0.2) is 27.8 Å². The number of halogens is 1. The molecule has 3 aromatic rings. The van der Waals surface area contributed by atoms with E-state index >= 15 is 0 Å². The van der Waals surface area contributed by atoms with Gasteiger partial charge in [0.1, 0.15) is 12.6 Å². The molecule has 192 valence electrons. The molecule has 3 heterocycles. The van der Waals surface area contributed by atoms with Crippen molar-refractivity contribution in [3.63, 3.8) is 0 Å². The third kappa shape index (κ3) is 5.31. The number of aryl methyl sites for hydroxylation is 2. The van der Waals surface area contributed by atoms with Gasteiger partial charge in [-0.25, -0.2) is 4.79 Å². The molecule has 35 heavy (non-hydrogen) atoms. The van der Waals surface area contributed by atoms with Crippen LogP contribution in [0.1, 0.15) is 37.4 Å². The molecule has 1 aliphatic rings. The van der Waals surface area contributed by atoms with E-state index < -0.39 is 11.8 Å². The first kappa shape index (κ1) is 26.6. The molecular formula is C23H33ClN6O5. The van der Waals surface area contributed by atoms with Crippen LogP contribution >= 0.6 is 0 Å². The van der Waals surface area contributed by atoms with Crippen molar-refractivity contribution in [2.75, 3.05) is 31.1 Å². The SMILES string of the molecule is Cn1c(=O)c2c(nc(N3CCCCC3)n2CCC[NH2+]CC(O)c2ccc(O)c(O)c2)n(C)c1=O.[Cl-]. The third-order valence-corrected chi connectivity index (χ3v) is 6.53. The first-order chi connectivity index (χ1) is 16.3. The van der Waals surface area contributed by atoms with Gasteiger partial charge in [0.15, 0.2) is 22.7 Å². The summed E-state index contributed by atoms with van der Waals surface area (Å²) >= 11 is 0. The number of nitrogens with zero attached hydrogens (tertiary/aromatic N) is 5. The Morgan fingerprint density at radius 2 is 1.77 bits per heavy atom. The second kappa shape index (κ2) is 11.1. The molecule has 1 atom stereocenters. The van der Waals surface area contributed by atoms with Gasteiger partial charge in [0.2, 0.25) is 5.95 Å². The molecule has 0 amide bonds. The summed E-state index contributed by atoms with van der Waals surface area (Å²) in [6, 6.07) is 4.29. The molecule has 1 unspecified atom stereocenters. The summed E-state index contributed by atoms with van der Waals surface area (Å²) in [5.41, 5.74) is 0.629. The van der Waals surface area contributed by atoms with Crippen molar-refractivity contribution in [1.29, 1.82) is 0 Å². The highest BCUT2D eigenvalue weighted by molar-refractivity contribution is 5.74. The van der Waals surface area contributed by atoms with Crippen molar-refractivity contribution in [1.82, 2.24) is 18.7 Å². The number of hydrogen-bond acceptors (Lipinski definition) is 7. The van der Waals surface area contributed by atoms with Crippen LogP contribution in [-0.4, -0.2) is 60.2 Å². The van der Waals surface area contributed by atoms with Crippen LogP contribution in [0.2, 0.25) is 0 Å². The maximum Gasteiger partial charge on any atom is 0.332 e. The van der Waals surface area contributed by atoms with Gasteiger partial charge in [0, 0.05) is 40.2 Å². The number of nitrogens with two attached hydrogens (primary N) is 1. The molecule has 0 saturated carbocycles. The number of phenolic OH excluding ortho intramolecular Hbond substituents is 2. The second-order valence-corrected chi connectivity index (χ2v) is 8.92. The van der Waals surface area contributed by atoms with Crippen LogP contribution in [0.3, 0.4) is 0 Å². The number of fused-ring (bicyclic) bond motifs is 1. The number of anilines is 1. The summed E-state index contributed by atoms with van der Waals surface area (Å²) in [5, 5.41) is 31.4. The van der Waals surface area contributed by atoms with Crippen molar-refractivity contribution < 1.29 is 33.0 Å². The van der Waals surface area contributed by atoms with Crippen LogP contribution in [0, 0.1) is 0 Å². The fraction of sp³-hybridized carbons (Fsp3) is 0.522. The number of aliphatic hydroxyl groups excluding tert-OH is 1. The zero-order valence-electron chi connectivity index (χ0n) is 20.0. The summed E-state index contributed by atoms with van der Waals surface area (Å²) in [7, 11) is 3.12. The van der Waals surface area contributed by atoms with Crippen LogP contribution in [0.5, 0.6) is 11.5 Å². The molecule has 4 rings (SSSR count). The van der Waals surface area contributed by atoms with Gasteiger partial charge < -0.3 is 42.5 Å². The number of phenols is 2. The Morgan fingerprint density at radius 3 is 2.46 bits per heavy atom. The minimum atomic E-state index is -0.786. The van der Waals surface area contributed by atoms with Crippen molar-refractivity contribution >= 4 is 17.1 Å². The molecule has 12 heteroatoms. The minimum absolute atomic E-state index is 0. The van der Waals surface area contributed by atoms with Crippen LogP contribution in [-0.2, 0) is 20.6 Å². The van der Waals surface area contributed by atoms with E-state index in [2.05, 4.69) is 4.90 Å². The molecular weight excluding hydrogens is 476 g/mol. The van der Waals surface area contributed by atoms with E-state index in [9.17, 15) is 24.9 Å². The Labute approximate surface area is 208 Å². The maximum absolute atomic E-state index is 13.0. The van der Waals surface area contributed by atoms with E-state index in [1.54, 1.807) is 13.1 Å². The molecule has 2 aromatic heterocycles. The quantitative estimate of drug-likeness (QED) is 0.183. The normalized spacial score (nSPS) is 14.8. The van der Waals surface area contributed by atoms with Gasteiger partial charge in [0.05, 0.1) is 6.54 Å². The predicted molar refractivity (Wildman–Crippen MR) is 127 cm³/mol. The summed E-state index contributed by atoms with van der Waals surface area (Å²) in [4.78, 5) is 32.3. The fourth-order valence-corrected chi connectivity index (χ4v) is 4.54. The molecule has 5 N–H and O–H groups in total. The highest BCUT2D eigenvalue weighted by Crippen LogP contribution is 2.27. The van der Waals surface area contributed by atoms with E-state index in [0.717, 1.165) is 42.9 Å². The predicted octanol–water partition coefficient (Wildman–Crippen LogP) is -3.47.